The van der Waals surface area contributed by atoms with E-state index in [2.05, 4.69) is 18.2 Å². The topological polar surface area (TPSA) is 42.4 Å². The molecule has 0 bridgehead atoms. The number of methoxy groups -OCH3 is 1. The van der Waals surface area contributed by atoms with Crippen molar-refractivity contribution in [3.63, 3.8) is 0 Å². The predicted molar refractivity (Wildman–Crippen MR) is 114 cm³/mol. The van der Waals surface area contributed by atoms with Gasteiger partial charge in [0.2, 0.25) is 5.91 Å². The molecule has 2 atom stereocenters. The van der Waals surface area contributed by atoms with Crippen LogP contribution in [0.15, 0.2) is 48.5 Å². The van der Waals surface area contributed by atoms with Gasteiger partial charge in [-0.25, -0.2) is 4.98 Å². The molecule has 28 heavy (non-hydrogen) atoms. The minimum Gasteiger partial charge on any atom is -0.497 e. The number of thiazole rings is 1. The summed E-state index contributed by atoms with van der Waals surface area (Å²) in [5.41, 5.74) is 2.13. The monoisotopic (exact) mass is 394 g/mol. The standard InChI is InChI=1S/C23H26N2O2S/c1-25(15-16-8-7-9-17(14-16)27-2)23(26)19-11-4-3-10-18(19)22-24-20-12-5-6-13-21(20)28-22/h5-9,12-14,18-19H,3-4,10-11,15H2,1-2H3. The van der Waals surface area contributed by atoms with E-state index < -0.39 is 0 Å². The molecule has 0 spiro atoms. The molecule has 4 nitrogen and oxygen atoms in total. The Kier molecular flexibility index (Phi) is 5.62. The van der Waals surface area contributed by atoms with Crippen molar-refractivity contribution in [2.45, 2.75) is 38.1 Å². The van der Waals surface area contributed by atoms with Gasteiger partial charge in [0, 0.05) is 25.4 Å². The van der Waals surface area contributed by atoms with Gasteiger partial charge >= 0.3 is 0 Å². The van der Waals surface area contributed by atoms with Crippen LogP contribution in [0.25, 0.3) is 10.2 Å². The van der Waals surface area contributed by atoms with Crippen molar-refractivity contribution in [1.29, 1.82) is 0 Å². The lowest BCUT2D eigenvalue weighted by atomic mass is 9.78. The first-order valence-electron chi connectivity index (χ1n) is 9.89. The second-order valence-corrected chi connectivity index (χ2v) is 8.63. The fourth-order valence-corrected chi connectivity index (χ4v) is 5.34. The number of hydrogen-bond acceptors (Lipinski definition) is 4. The van der Waals surface area contributed by atoms with Crippen LogP contribution in [0, 0.1) is 5.92 Å². The Morgan fingerprint density at radius 2 is 2.00 bits per heavy atom. The Balaban J connectivity index is 1.53. The van der Waals surface area contributed by atoms with E-state index in [1.807, 2.05) is 42.3 Å². The summed E-state index contributed by atoms with van der Waals surface area (Å²) in [5.74, 6) is 1.30. The molecule has 5 heteroatoms. The third-order valence-corrected chi connectivity index (χ3v) is 6.81. The summed E-state index contributed by atoms with van der Waals surface area (Å²) in [5, 5.41) is 1.12. The van der Waals surface area contributed by atoms with Crippen molar-refractivity contribution < 1.29 is 9.53 Å². The highest BCUT2D eigenvalue weighted by Gasteiger charge is 2.35. The average Bonchev–Trinajstić information content (AvgIpc) is 3.17. The molecule has 4 rings (SSSR count). The summed E-state index contributed by atoms with van der Waals surface area (Å²) in [4.78, 5) is 20.1. The summed E-state index contributed by atoms with van der Waals surface area (Å²) in [6.07, 6.45) is 4.28. The molecule has 146 valence electrons. The number of para-hydroxylation sites is 1. The van der Waals surface area contributed by atoms with Crippen molar-refractivity contribution >= 4 is 27.5 Å². The SMILES string of the molecule is COc1cccc(CN(C)C(=O)C2CCCCC2c2nc3ccccc3s2)c1. The maximum Gasteiger partial charge on any atom is 0.226 e. The number of rotatable bonds is 5. The van der Waals surface area contributed by atoms with E-state index >= 15 is 0 Å². The van der Waals surface area contributed by atoms with Gasteiger partial charge in [0.15, 0.2) is 0 Å². The number of ether oxygens (including phenoxy) is 1. The largest absolute Gasteiger partial charge is 0.497 e. The number of amides is 1. The van der Waals surface area contributed by atoms with Gasteiger partial charge in [0.1, 0.15) is 5.75 Å². The first-order chi connectivity index (χ1) is 13.7. The molecular weight excluding hydrogens is 368 g/mol. The Morgan fingerprint density at radius 1 is 1.18 bits per heavy atom. The second-order valence-electron chi connectivity index (χ2n) is 7.56. The molecule has 1 fully saturated rings. The highest BCUT2D eigenvalue weighted by molar-refractivity contribution is 7.18. The molecule has 1 aliphatic carbocycles. The third kappa shape index (κ3) is 3.90. The van der Waals surface area contributed by atoms with Gasteiger partial charge in [-0.3, -0.25) is 4.79 Å². The van der Waals surface area contributed by atoms with Gasteiger partial charge < -0.3 is 9.64 Å². The summed E-state index contributed by atoms with van der Waals surface area (Å²) >= 11 is 1.75. The van der Waals surface area contributed by atoms with Crippen LogP contribution in [0.1, 0.15) is 42.2 Å². The van der Waals surface area contributed by atoms with Gasteiger partial charge in [0.25, 0.3) is 0 Å². The lowest BCUT2D eigenvalue weighted by Crippen LogP contribution is -2.37. The number of carbonyl (C=O) groups excluding carboxylic acids is 1. The number of nitrogens with zero attached hydrogens (tertiary/aromatic N) is 2. The Labute approximate surface area is 170 Å². The van der Waals surface area contributed by atoms with E-state index in [0.717, 1.165) is 41.1 Å². The first-order valence-corrected chi connectivity index (χ1v) is 10.7. The summed E-state index contributed by atoms with van der Waals surface area (Å²) in [6, 6.07) is 16.2. The number of carbonyl (C=O) groups is 1. The van der Waals surface area contributed by atoms with Crippen molar-refractivity contribution in [2.75, 3.05) is 14.2 Å². The van der Waals surface area contributed by atoms with E-state index in [9.17, 15) is 4.79 Å². The fourth-order valence-electron chi connectivity index (χ4n) is 4.18. The van der Waals surface area contributed by atoms with Gasteiger partial charge in [-0.1, -0.05) is 37.1 Å². The summed E-state index contributed by atoms with van der Waals surface area (Å²) in [7, 11) is 3.57. The lowest BCUT2D eigenvalue weighted by molar-refractivity contribution is -0.136. The molecule has 1 aromatic heterocycles. The predicted octanol–water partition coefficient (Wildman–Crippen LogP) is 5.24. The minimum atomic E-state index is 0.0184. The molecule has 0 radical (unpaired) electrons. The van der Waals surface area contributed by atoms with E-state index in [1.54, 1.807) is 18.4 Å². The molecule has 1 aliphatic rings. The minimum absolute atomic E-state index is 0.0184. The highest BCUT2D eigenvalue weighted by Crippen LogP contribution is 2.41. The zero-order valence-corrected chi connectivity index (χ0v) is 17.2. The second kappa shape index (κ2) is 8.31. The molecule has 1 amide bonds. The molecular formula is C23H26N2O2S. The van der Waals surface area contributed by atoms with Crippen molar-refractivity contribution in [3.8, 4) is 5.75 Å². The number of aromatic nitrogens is 1. The van der Waals surface area contributed by atoms with E-state index in [1.165, 1.54) is 11.1 Å². The van der Waals surface area contributed by atoms with Crippen LogP contribution >= 0.6 is 11.3 Å². The van der Waals surface area contributed by atoms with Crippen LogP contribution in [-0.2, 0) is 11.3 Å². The van der Waals surface area contributed by atoms with Gasteiger partial charge in [-0.15, -0.1) is 11.3 Å². The molecule has 0 N–H and O–H groups in total. The molecule has 3 aromatic rings. The van der Waals surface area contributed by atoms with E-state index in [4.69, 9.17) is 9.72 Å². The van der Waals surface area contributed by atoms with Crippen molar-refractivity contribution in [3.05, 3.63) is 59.1 Å². The van der Waals surface area contributed by atoms with Crippen molar-refractivity contribution in [2.24, 2.45) is 5.92 Å². The van der Waals surface area contributed by atoms with E-state index in [0.29, 0.717) is 6.54 Å². The Bertz CT molecular complexity index is 935. The summed E-state index contributed by atoms with van der Waals surface area (Å²) < 4.78 is 6.51. The van der Waals surface area contributed by atoms with Crippen LogP contribution in [-0.4, -0.2) is 29.9 Å². The molecule has 1 heterocycles. The molecule has 0 saturated heterocycles. The normalized spacial score (nSPS) is 19.5. The number of hydrogen-bond donors (Lipinski definition) is 0. The molecule has 2 unspecified atom stereocenters. The van der Waals surface area contributed by atoms with Crippen LogP contribution in [0.4, 0.5) is 0 Å². The molecule has 1 saturated carbocycles. The number of fused-ring (bicyclic) bond motifs is 1. The fraction of sp³-hybridized carbons (Fsp3) is 0.391. The van der Waals surface area contributed by atoms with Gasteiger partial charge in [-0.05, 0) is 42.7 Å². The maximum atomic E-state index is 13.3. The van der Waals surface area contributed by atoms with Crippen LogP contribution in [0.5, 0.6) is 5.75 Å². The van der Waals surface area contributed by atoms with Crippen LogP contribution in [0.3, 0.4) is 0 Å². The van der Waals surface area contributed by atoms with E-state index in [-0.39, 0.29) is 17.7 Å². The quantitative estimate of drug-likeness (QED) is 0.594. The van der Waals surface area contributed by atoms with Crippen molar-refractivity contribution in [1.82, 2.24) is 9.88 Å². The Morgan fingerprint density at radius 3 is 2.82 bits per heavy atom. The highest BCUT2D eigenvalue weighted by atomic mass is 32.1. The summed E-state index contributed by atoms with van der Waals surface area (Å²) in [6.45, 7) is 0.596. The van der Waals surface area contributed by atoms with Gasteiger partial charge in [-0.2, -0.15) is 0 Å². The average molecular weight is 395 g/mol. The van der Waals surface area contributed by atoms with Gasteiger partial charge in [0.05, 0.1) is 22.3 Å². The molecule has 0 aliphatic heterocycles. The maximum absolute atomic E-state index is 13.3. The zero-order chi connectivity index (χ0) is 19.5. The smallest absolute Gasteiger partial charge is 0.226 e. The first kappa shape index (κ1) is 18.9. The zero-order valence-electron chi connectivity index (χ0n) is 16.4. The number of benzene rings is 2. The molecule has 2 aromatic carbocycles. The third-order valence-electron chi connectivity index (χ3n) is 5.64. The van der Waals surface area contributed by atoms with Crippen LogP contribution < -0.4 is 4.74 Å². The Hall–Kier alpha value is -2.40. The lowest BCUT2D eigenvalue weighted by Gasteiger charge is -2.32. The van der Waals surface area contributed by atoms with Crippen LogP contribution in [0.2, 0.25) is 0 Å².